The zero-order valence-electron chi connectivity index (χ0n) is 16.8. The van der Waals surface area contributed by atoms with Crippen LogP contribution in [0.3, 0.4) is 0 Å². The molecule has 1 saturated carbocycles. The first kappa shape index (κ1) is 18.1. The molecule has 3 heteroatoms. The van der Waals surface area contributed by atoms with E-state index >= 15 is 0 Å². The van der Waals surface area contributed by atoms with Gasteiger partial charge in [0.2, 0.25) is 0 Å². The third-order valence-corrected chi connectivity index (χ3v) is 6.45. The van der Waals surface area contributed by atoms with Gasteiger partial charge in [0.05, 0.1) is 6.04 Å². The number of anilines is 1. The van der Waals surface area contributed by atoms with Gasteiger partial charge in [-0.3, -0.25) is 0 Å². The maximum atomic E-state index is 6.71. The lowest BCUT2D eigenvalue weighted by molar-refractivity contribution is 0.455. The van der Waals surface area contributed by atoms with E-state index in [1.54, 1.807) is 0 Å². The Morgan fingerprint density at radius 3 is 2.63 bits per heavy atom. The first-order valence-electron chi connectivity index (χ1n) is 10.1. The average Bonchev–Trinajstić information content (AvgIpc) is 3.17. The zero-order chi connectivity index (χ0) is 19.1. The van der Waals surface area contributed by atoms with Crippen molar-refractivity contribution in [1.29, 1.82) is 0 Å². The van der Waals surface area contributed by atoms with Gasteiger partial charge in [0.1, 0.15) is 0 Å². The lowest BCUT2D eigenvalue weighted by atomic mass is 9.87. The fraction of sp³-hybridized carbons (Fsp3) is 0.417. The number of hydrogen-bond donors (Lipinski definition) is 2. The summed E-state index contributed by atoms with van der Waals surface area (Å²) in [5.41, 5.74) is 16.5. The lowest BCUT2D eigenvalue weighted by Crippen LogP contribution is -2.23. The average molecular weight is 362 g/mol. The molecule has 3 aliphatic rings. The van der Waals surface area contributed by atoms with E-state index in [2.05, 4.69) is 68.1 Å². The van der Waals surface area contributed by atoms with Gasteiger partial charge in [-0.15, -0.1) is 0 Å². The molecule has 1 aliphatic carbocycles. The minimum Gasteiger partial charge on any atom is -0.374 e. The number of nitrogens with two attached hydrogens (primary N) is 1. The number of fused-ring (bicyclic) bond motifs is 1. The van der Waals surface area contributed by atoms with Crippen LogP contribution in [0.25, 0.3) is 6.08 Å². The van der Waals surface area contributed by atoms with E-state index in [9.17, 15) is 0 Å². The molecule has 2 aliphatic heterocycles. The van der Waals surface area contributed by atoms with Crippen LogP contribution in [0.2, 0.25) is 0 Å². The van der Waals surface area contributed by atoms with Crippen molar-refractivity contribution in [3.05, 3.63) is 70.1 Å². The number of benzene rings is 1. The molecule has 1 atom stereocenters. The van der Waals surface area contributed by atoms with E-state index in [0.29, 0.717) is 5.92 Å². The quantitative estimate of drug-likeness (QED) is 0.769. The molecule has 4 rings (SSSR count). The molecule has 27 heavy (non-hydrogen) atoms. The van der Waals surface area contributed by atoms with Gasteiger partial charge in [0.25, 0.3) is 0 Å². The second-order valence-corrected chi connectivity index (χ2v) is 8.33. The molecule has 3 nitrogen and oxygen atoms in total. The van der Waals surface area contributed by atoms with Crippen molar-refractivity contribution in [2.24, 2.45) is 11.7 Å². The van der Waals surface area contributed by atoms with E-state index in [4.69, 9.17) is 5.73 Å². The summed E-state index contributed by atoms with van der Waals surface area (Å²) >= 11 is 0. The molecule has 0 spiro atoms. The summed E-state index contributed by atoms with van der Waals surface area (Å²) in [6, 6.07) is 4.42. The molecule has 1 fully saturated rings. The standard InChI is InChI=1S/C24H31N3/c1-15-11-23-20(14-22(17(3)26-23)18-7-5-6-8-18)13-21(15)24(25)19-9-10-27(4)16(2)12-19/h9,11-14,18,24,26H,3,5-8,10,25H2,1-2,4H3. The van der Waals surface area contributed by atoms with Crippen molar-refractivity contribution in [2.75, 3.05) is 18.9 Å². The molecule has 1 aromatic rings. The lowest BCUT2D eigenvalue weighted by Gasteiger charge is -2.29. The molecule has 0 saturated heterocycles. The van der Waals surface area contributed by atoms with Crippen LogP contribution >= 0.6 is 0 Å². The number of nitrogens with zero attached hydrogens (tertiary/aromatic N) is 1. The van der Waals surface area contributed by atoms with Gasteiger partial charge >= 0.3 is 0 Å². The molecule has 1 unspecified atom stereocenters. The molecule has 142 valence electrons. The van der Waals surface area contributed by atoms with Crippen molar-refractivity contribution >= 4 is 11.8 Å². The molecule has 3 N–H and O–H groups in total. The van der Waals surface area contributed by atoms with E-state index in [-0.39, 0.29) is 6.04 Å². The van der Waals surface area contributed by atoms with Crippen LogP contribution in [-0.2, 0) is 0 Å². The molecule has 0 amide bonds. The van der Waals surface area contributed by atoms with Crippen molar-refractivity contribution in [3.8, 4) is 0 Å². The van der Waals surface area contributed by atoms with E-state index in [1.165, 1.54) is 59.2 Å². The van der Waals surface area contributed by atoms with Crippen molar-refractivity contribution in [1.82, 2.24) is 4.90 Å². The number of likely N-dealkylation sites (N-methyl/N-ethyl adjacent to an activating group) is 1. The van der Waals surface area contributed by atoms with Gasteiger partial charge in [0.15, 0.2) is 0 Å². The second kappa shape index (κ2) is 7.05. The molecule has 2 heterocycles. The summed E-state index contributed by atoms with van der Waals surface area (Å²) in [5.74, 6) is 0.652. The molecule has 0 radical (unpaired) electrons. The highest BCUT2D eigenvalue weighted by molar-refractivity contribution is 5.79. The van der Waals surface area contributed by atoms with Crippen molar-refractivity contribution < 1.29 is 0 Å². The Hall–Kier alpha value is -2.26. The number of allylic oxidation sites excluding steroid dienone is 2. The van der Waals surface area contributed by atoms with Crippen molar-refractivity contribution in [2.45, 2.75) is 45.6 Å². The minimum absolute atomic E-state index is 0.0904. The van der Waals surface area contributed by atoms with Gasteiger partial charge in [-0.25, -0.2) is 0 Å². The number of aryl methyl sites for hydroxylation is 1. The smallest absolute Gasteiger partial charge is 0.0552 e. The maximum absolute atomic E-state index is 6.71. The Balaban J connectivity index is 1.69. The summed E-state index contributed by atoms with van der Waals surface area (Å²) in [4.78, 5) is 2.24. The fourth-order valence-corrected chi connectivity index (χ4v) is 4.59. The molecule has 0 aromatic heterocycles. The number of nitrogens with one attached hydrogen (secondary N) is 1. The summed E-state index contributed by atoms with van der Waals surface area (Å²) in [6.45, 7) is 9.51. The van der Waals surface area contributed by atoms with Crippen LogP contribution in [0, 0.1) is 12.8 Å². The first-order valence-corrected chi connectivity index (χ1v) is 10.1. The highest BCUT2D eigenvalue weighted by atomic mass is 15.1. The summed E-state index contributed by atoms with van der Waals surface area (Å²) in [6.07, 6.45) is 12.0. The largest absolute Gasteiger partial charge is 0.374 e. The monoisotopic (exact) mass is 361 g/mol. The summed E-state index contributed by atoms with van der Waals surface area (Å²) in [7, 11) is 2.11. The van der Waals surface area contributed by atoms with Crippen LogP contribution in [0.1, 0.15) is 55.3 Å². The fourth-order valence-electron chi connectivity index (χ4n) is 4.59. The normalized spacial score (nSPS) is 21.3. The van der Waals surface area contributed by atoms with E-state index < -0.39 is 0 Å². The minimum atomic E-state index is -0.0904. The highest BCUT2D eigenvalue weighted by Gasteiger charge is 2.25. The maximum Gasteiger partial charge on any atom is 0.0552 e. The predicted octanol–water partition coefficient (Wildman–Crippen LogP) is 5.28. The van der Waals surface area contributed by atoms with E-state index in [0.717, 1.165) is 17.9 Å². The third-order valence-electron chi connectivity index (χ3n) is 6.45. The molecular weight excluding hydrogens is 330 g/mol. The molecule has 1 aromatic carbocycles. The predicted molar refractivity (Wildman–Crippen MR) is 115 cm³/mol. The van der Waals surface area contributed by atoms with Gasteiger partial charge < -0.3 is 16.0 Å². The number of rotatable bonds is 3. The highest BCUT2D eigenvalue weighted by Crippen LogP contribution is 2.41. The Bertz CT molecular complexity index is 866. The summed E-state index contributed by atoms with van der Waals surface area (Å²) in [5, 5.41) is 3.55. The van der Waals surface area contributed by atoms with E-state index in [1.807, 2.05) is 0 Å². The summed E-state index contributed by atoms with van der Waals surface area (Å²) < 4.78 is 0. The van der Waals surface area contributed by atoms with Crippen LogP contribution in [0.15, 0.2) is 53.4 Å². The van der Waals surface area contributed by atoms with Gasteiger partial charge in [-0.2, -0.15) is 0 Å². The zero-order valence-corrected chi connectivity index (χ0v) is 16.8. The van der Waals surface area contributed by atoms with Gasteiger partial charge in [-0.05, 0) is 84.7 Å². The van der Waals surface area contributed by atoms with Gasteiger partial charge in [-0.1, -0.05) is 25.5 Å². The van der Waals surface area contributed by atoms with Crippen LogP contribution in [0.4, 0.5) is 5.69 Å². The molecular formula is C24H31N3. The third kappa shape index (κ3) is 3.37. The second-order valence-electron chi connectivity index (χ2n) is 8.33. The number of hydrogen-bond acceptors (Lipinski definition) is 3. The molecule has 0 bridgehead atoms. The Morgan fingerprint density at radius 1 is 1.19 bits per heavy atom. The SMILES string of the molecule is C=C1Nc2cc(C)c(C(N)C3=CCN(C)C(C)=C3)cc2C=C1C1CCCC1. The van der Waals surface area contributed by atoms with Crippen LogP contribution in [-0.4, -0.2) is 18.5 Å². The Labute approximate surface area is 163 Å². The Morgan fingerprint density at radius 2 is 1.93 bits per heavy atom. The Kier molecular flexibility index (Phi) is 4.73. The topological polar surface area (TPSA) is 41.3 Å². The first-order chi connectivity index (χ1) is 12.9. The van der Waals surface area contributed by atoms with Crippen LogP contribution in [0.5, 0.6) is 0 Å². The van der Waals surface area contributed by atoms with Crippen molar-refractivity contribution in [3.63, 3.8) is 0 Å². The van der Waals surface area contributed by atoms with Gasteiger partial charge in [0, 0.05) is 30.7 Å². The van der Waals surface area contributed by atoms with Crippen LogP contribution < -0.4 is 11.1 Å².